The molecule has 2 atom stereocenters. The maximum Gasteiger partial charge on any atom is 0.0966 e. The number of aromatic nitrogens is 1. The van der Waals surface area contributed by atoms with Gasteiger partial charge in [-0.15, -0.1) is 11.3 Å². The zero-order chi connectivity index (χ0) is 14.7. The Kier molecular flexibility index (Phi) is 4.71. The number of nitrogens with two attached hydrogens (primary N) is 1. The molecule has 0 radical (unpaired) electrons. The predicted octanol–water partition coefficient (Wildman–Crippen LogP) is 4.95. The molecule has 0 amide bonds. The highest BCUT2D eigenvalue weighted by Crippen LogP contribution is 2.41. The van der Waals surface area contributed by atoms with Gasteiger partial charge >= 0.3 is 0 Å². The highest BCUT2D eigenvalue weighted by molar-refractivity contribution is 7.12. The fourth-order valence-electron chi connectivity index (χ4n) is 3.39. The summed E-state index contributed by atoms with van der Waals surface area (Å²) in [7, 11) is 0. The van der Waals surface area contributed by atoms with Crippen LogP contribution in [0.2, 0.25) is 0 Å². The van der Waals surface area contributed by atoms with Crippen molar-refractivity contribution >= 4 is 11.3 Å². The first kappa shape index (κ1) is 14.7. The molecule has 21 heavy (non-hydrogen) atoms. The van der Waals surface area contributed by atoms with Crippen molar-refractivity contribution in [2.24, 2.45) is 11.7 Å². The van der Waals surface area contributed by atoms with E-state index in [1.807, 2.05) is 17.4 Å². The van der Waals surface area contributed by atoms with E-state index in [1.54, 1.807) is 0 Å². The van der Waals surface area contributed by atoms with Gasteiger partial charge in [0, 0.05) is 22.9 Å². The molecule has 1 fully saturated rings. The van der Waals surface area contributed by atoms with E-state index in [0.717, 1.165) is 11.6 Å². The first-order valence-corrected chi connectivity index (χ1v) is 8.88. The Labute approximate surface area is 131 Å². The van der Waals surface area contributed by atoms with E-state index in [4.69, 9.17) is 10.7 Å². The largest absolute Gasteiger partial charge is 0.326 e. The van der Waals surface area contributed by atoms with Gasteiger partial charge in [-0.25, -0.2) is 4.98 Å². The first-order chi connectivity index (χ1) is 10.3. The summed E-state index contributed by atoms with van der Waals surface area (Å²) in [5.74, 6) is 1.53. The number of benzene rings is 1. The number of hydrogen-bond acceptors (Lipinski definition) is 3. The van der Waals surface area contributed by atoms with Gasteiger partial charge in [0.25, 0.3) is 0 Å². The standard InChI is InChI=1S/C18H24N2S/c1-2-13-7-6-10-15(11-13)18-20-17(16(12-19)21-18)14-8-4-3-5-9-14/h3-5,8-9,13,15H,2,6-7,10-12,19H2,1H3. The number of thiazole rings is 1. The van der Waals surface area contributed by atoms with Crippen molar-refractivity contribution in [1.29, 1.82) is 0 Å². The van der Waals surface area contributed by atoms with Gasteiger partial charge in [0.2, 0.25) is 0 Å². The lowest BCUT2D eigenvalue weighted by atomic mass is 9.80. The van der Waals surface area contributed by atoms with Crippen molar-refractivity contribution < 1.29 is 0 Å². The van der Waals surface area contributed by atoms with Gasteiger partial charge in [0.1, 0.15) is 0 Å². The minimum absolute atomic E-state index is 0.589. The highest BCUT2D eigenvalue weighted by atomic mass is 32.1. The summed E-state index contributed by atoms with van der Waals surface area (Å²) >= 11 is 1.84. The lowest BCUT2D eigenvalue weighted by molar-refractivity contribution is 0.314. The van der Waals surface area contributed by atoms with Crippen LogP contribution >= 0.6 is 11.3 Å². The molecule has 112 valence electrons. The Morgan fingerprint density at radius 1 is 1.24 bits per heavy atom. The SMILES string of the molecule is CCC1CCCC(c2nc(-c3ccccc3)c(CN)s2)C1. The van der Waals surface area contributed by atoms with Crippen LogP contribution < -0.4 is 5.73 Å². The molecule has 1 aliphatic carbocycles. The fourth-order valence-corrected chi connectivity index (χ4v) is 4.50. The summed E-state index contributed by atoms with van der Waals surface area (Å²) < 4.78 is 0. The van der Waals surface area contributed by atoms with Gasteiger partial charge in [-0.2, -0.15) is 0 Å². The van der Waals surface area contributed by atoms with E-state index in [9.17, 15) is 0 Å². The van der Waals surface area contributed by atoms with Crippen LogP contribution in [0.25, 0.3) is 11.3 Å². The molecule has 1 aromatic heterocycles. The molecule has 2 nitrogen and oxygen atoms in total. The van der Waals surface area contributed by atoms with Crippen LogP contribution in [0, 0.1) is 5.92 Å². The zero-order valence-corrected chi connectivity index (χ0v) is 13.5. The van der Waals surface area contributed by atoms with E-state index in [-0.39, 0.29) is 0 Å². The molecule has 1 aromatic carbocycles. The second-order valence-corrected chi connectivity index (χ2v) is 7.15. The average Bonchev–Trinajstić information content (AvgIpc) is 3.00. The molecule has 1 heterocycles. The van der Waals surface area contributed by atoms with E-state index in [1.165, 1.54) is 47.6 Å². The second kappa shape index (κ2) is 6.71. The summed E-state index contributed by atoms with van der Waals surface area (Å²) in [6.07, 6.45) is 6.65. The maximum absolute atomic E-state index is 5.95. The lowest BCUT2D eigenvalue weighted by Gasteiger charge is -2.26. The molecular formula is C18H24N2S. The third-order valence-electron chi connectivity index (χ3n) is 4.66. The van der Waals surface area contributed by atoms with Gasteiger partial charge in [0.05, 0.1) is 10.7 Å². The molecule has 2 aromatic rings. The third kappa shape index (κ3) is 3.19. The van der Waals surface area contributed by atoms with E-state index in [0.29, 0.717) is 12.5 Å². The molecule has 0 saturated heterocycles. The van der Waals surface area contributed by atoms with E-state index < -0.39 is 0 Å². The van der Waals surface area contributed by atoms with Crippen LogP contribution in [0.4, 0.5) is 0 Å². The maximum atomic E-state index is 5.95. The van der Waals surface area contributed by atoms with Crippen LogP contribution in [-0.4, -0.2) is 4.98 Å². The molecule has 1 saturated carbocycles. The minimum Gasteiger partial charge on any atom is -0.326 e. The quantitative estimate of drug-likeness (QED) is 0.867. The zero-order valence-electron chi connectivity index (χ0n) is 12.7. The van der Waals surface area contributed by atoms with E-state index in [2.05, 4.69) is 31.2 Å². The van der Waals surface area contributed by atoms with Crippen LogP contribution in [0.3, 0.4) is 0 Å². The Balaban J connectivity index is 1.89. The number of hydrogen-bond donors (Lipinski definition) is 1. The smallest absolute Gasteiger partial charge is 0.0966 e. The topological polar surface area (TPSA) is 38.9 Å². The van der Waals surface area contributed by atoms with Crippen molar-refractivity contribution in [1.82, 2.24) is 4.98 Å². The summed E-state index contributed by atoms with van der Waals surface area (Å²) in [6, 6.07) is 10.5. The van der Waals surface area contributed by atoms with Gasteiger partial charge in [-0.3, -0.25) is 0 Å². The molecule has 0 bridgehead atoms. The van der Waals surface area contributed by atoms with Crippen molar-refractivity contribution in [3.63, 3.8) is 0 Å². The Hall–Kier alpha value is -1.19. The van der Waals surface area contributed by atoms with Gasteiger partial charge in [0.15, 0.2) is 0 Å². The molecule has 3 rings (SSSR count). The predicted molar refractivity (Wildman–Crippen MR) is 90.4 cm³/mol. The third-order valence-corrected chi connectivity index (χ3v) is 5.90. The molecule has 0 aliphatic heterocycles. The van der Waals surface area contributed by atoms with Crippen molar-refractivity contribution in [2.45, 2.75) is 51.5 Å². The fraction of sp³-hybridized carbons (Fsp3) is 0.500. The van der Waals surface area contributed by atoms with Crippen molar-refractivity contribution in [2.75, 3.05) is 0 Å². The molecule has 2 N–H and O–H groups in total. The molecule has 3 heteroatoms. The van der Waals surface area contributed by atoms with Gasteiger partial charge in [-0.05, 0) is 18.8 Å². The summed E-state index contributed by atoms with van der Waals surface area (Å²) in [5, 5.41) is 1.31. The molecular weight excluding hydrogens is 276 g/mol. The first-order valence-electron chi connectivity index (χ1n) is 8.06. The molecule has 0 spiro atoms. The Morgan fingerprint density at radius 3 is 2.76 bits per heavy atom. The molecule has 2 unspecified atom stereocenters. The Morgan fingerprint density at radius 2 is 2.05 bits per heavy atom. The van der Waals surface area contributed by atoms with Crippen LogP contribution in [0.5, 0.6) is 0 Å². The molecule has 1 aliphatic rings. The number of rotatable bonds is 4. The monoisotopic (exact) mass is 300 g/mol. The lowest BCUT2D eigenvalue weighted by Crippen LogP contribution is -2.13. The summed E-state index contributed by atoms with van der Waals surface area (Å²) in [5.41, 5.74) is 8.26. The van der Waals surface area contributed by atoms with Crippen molar-refractivity contribution in [3.8, 4) is 11.3 Å². The van der Waals surface area contributed by atoms with Crippen LogP contribution in [0.1, 0.15) is 54.8 Å². The van der Waals surface area contributed by atoms with Crippen molar-refractivity contribution in [3.05, 3.63) is 40.2 Å². The number of nitrogens with zero attached hydrogens (tertiary/aromatic N) is 1. The normalized spacial score (nSPS) is 22.4. The summed E-state index contributed by atoms with van der Waals surface area (Å²) in [6.45, 7) is 2.90. The summed E-state index contributed by atoms with van der Waals surface area (Å²) in [4.78, 5) is 6.21. The van der Waals surface area contributed by atoms with Crippen LogP contribution in [0.15, 0.2) is 30.3 Å². The van der Waals surface area contributed by atoms with Crippen LogP contribution in [-0.2, 0) is 6.54 Å². The minimum atomic E-state index is 0.589. The van der Waals surface area contributed by atoms with E-state index >= 15 is 0 Å². The average molecular weight is 300 g/mol. The van der Waals surface area contributed by atoms with Gasteiger partial charge in [-0.1, -0.05) is 56.5 Å². The highest BCUT2D eigenvalue weighted by Gasteiger charge is 2.25. The van der Waals surface area contributed by atoms with Gasteiger partial charge < -0.3 is 5.73 Å². The second-order valence-electron chi connectivity index (χ2n) is 6.03. The Bertz CT molecular complexity index is 576.